The van der Waals surface area contributed by atoms with Gasteiger partial charge in [0.1, 0.15) is 48.8 Å². The summed E-state index contributed by atoms with van der Waals surface area (Å²) in [6.07, 6.45) is 63.8. The Morgan fingerprint density at radius 2 is 0.814 bits per heavy atom. The van der Waals surface area contributed by atoms with E-state index < -0.39 is 86.8 Å². The van der Waals surface area contributed by atoms with Crippen LogP contribution >= 0.6 is 0 Å². The first-order valence-corrected chi connectivity index (χ1v) is 33.8. The van der Waals surface area contributed by atoms with Crippen LogP contribution in [0.1, 0.15) is 232 Å². The number of ether oxygens (including phenoxy) is 4. The molecular weight excluding hydrogens is 1090 g/mol. The highest BCUT2D eigenvalue weighted by Gasteiger charge is 2.51. The van der Waals surface area contributed by atoms with Crippen LogP contribution in [0.3, 0.4) is 0 Å². The van der Waals surface area contributed by atoms with E-state index in [1.807, 2.05) is 6.08 Å². The molecule has 0 radical (unpaired) electrons. The van der Waals surface area contributed by atoms with Crippen LogP contribution in [-0.2, 0) is 23.7 Å². The lowest BCUT2D eigenvalue weighted by Crippen LogP contribution is -2.65. The molecule has 2 fully saturated rings. The number of carbonyl (C=O) groups is 1. The van der Waals surface area contributed by atoms with Crippen LogP contribution in [0.2, 0.25) is 0 Å². The molecule has 2 aliphatic rings. The third kappa shape index (κ3) is 39.4. The molecule has 1 amide bonds. The molecule has 9 N–H and O–H groups in total. The van der Waals surface area contributed by atoms with Gasteiger partial charge >= 0.3 is 0 Å². The van der Waals surface area contributed by atoms with Crippen molar-refractivity contribution in [3.8, 4) is 0 Å². The molecule has 492 valence electrons. The normalized spacial score (nSPS) is 24.2. The average molecular weight is 1210 g/mol. The number of aliphatic hydroxyl groups excluding tert-OH is 8. The van der Waals surface area contributed by atoms with Crippen molar-refractivity contribution in [1.29, 1.82) is 0 Å². The lowest BCUT2D eigenvalue weighted by molar-refractivity contribution is -0.359. The van der Waals surface area contributed by atoms with Crippen molar-refractivity contribution in [1.82, 2.24) is 5.32 Å². The molecule has 0 bridgehead atoms. The van der Waals surface area contributed by atoms with E-state index in [2.05, 4.69) is 129 Å². The van der Waals surface area contributed by atoms with Crippen LogP contribution in [0.4, 0.5) is 0 Å². The Labute approximate surface area is 520 Å². The van der Waals surface area contributed by atoms with E-state index >= 15 is 0 Å². The zero-order valence-corrected chi connectivity index (χ0v) is 53.3. The number of hydrogen-bond acceptors (Lipinski definition) is 13. The van der Waals surface area contributed by atoms with E-state index in [1.165, 1.54) is 96.3 Å². The van der Waals surface area contributed by atoms with Crippen molar-refractivity contribution in [2.24, 2.45) is 0 Å². The summed E-state index contributed by atoms with van der Waals surface area (Å²) in [5.41, 5.74) is 0. The lowest BCUT2D eigenvalue weighted by atomic mass is 9.97. The molecule has 0 aromatic heterocycles. The first-order chi connectivity index (χ1) is 42.1. The second-order valence-corrected chi connectivity index (χ2v) is 23.2. The predicted molar refractivity (Wildman–Crippen MR) is 350 cm³/mol. The smallest absolute Gasteiger partial charge is 0.220 e. The summed E-state index contributed by atoms with van der Waals surface area (Å²) in [6, 6.07) is -0.950. The Balaban J connectivity index is 1.73. The maximum absolute atomic E-state index is 13.3. The highest BCUT2D eigenvalue weighted by Crippen LogP contribution is 2.30. The molecule has 86 heavy (non-hydrogen) atoms. The summed E-state index contributed by atoms with van der Waals surface area (Å²) in [5, 5.41) is 87.3. The van der Waals surface area contributed by atoms with Crippen LogP contribution in [0.25, 0.3) is 0 Å². The third-order valence-electron chi connectivity index (χ3n) is 15.6. The van der Waals surface area contributed by atoms with Gasteiger partial charge in [-0.25, -0.2) is 0 Å². The summed E-state index contributed by atoms with van der Waals surface area (Å²) in [6.45, 7) is 2.66. The number of unbranched alkanes of at least 4 members (excludes halogenated alkanes) is 22. The zero-order valence-electron chi connectivity index (χ0n) is 53.3. The average Bonchev–Trinajstić information content (AvgIpc) is 2.54. The monoisotopic (exact) mass is 1210 g/mol. The highest BCUT2D eigenvalue weighted by molar-refractivity contribution is 5.76. The van der Waals surface area contributed by atoms with Crippen molar-refractivity contribution in [2.75, 3.05) is 19.8 Å². The van der Waals surface area contributed by atoms with Crippen molar-refractivity contribution in [2.45, 2.75) is 306 Å². The van der Waals surface area contributed by atoms with Crippen molar-refractivity contribution in [3.05, 3.63) is 122 Å². The maximum atomic E-state index is 13.3. The second kappa shape index (κ2) is 55.5. The van der Waals surface area contributed by atoms with Crippen molar-refractivity contribution < 1.29 is 64.6 Å². The Hall–Kier alpha value is -3.61. The molecular formula is C72H121NO13. The van der Waals surface area contributed by atoms with Crippen LogP contribution in [-0.4, -0.2) is 140 Å². The van der Waals surface area contributed by atoms with Crippen LogP contribution < -0.4 is 5.32 Å². The molecule has 12 unspecified atom stereocenters. The summed E-state index contributed by atoms with van der Waals surface area (Å²) >= 11 is 0. The number of hydrogen-bond donors (Lipinski definition) is 9. The van der Waals surface area contributed by atoms with Gasteiger partial charge in [0.05, 0.1) is 32.0 Å². The van der Waals surface area contributed by atoms with Gasteiger partial charge < -0.3 is 65.1 Å². The van der Waals surface area contributed by atoms with Gasteiger partial charge in [-0.2, -0.15) is 0 Å². The highest BCUT2D eigenvalue weighted by atomic mass is 16.7. The lowest BCUT2D eigenvalue weighted by Gasteiger charge is -2.46. The molecule has 12 atom stereocenters. The molecule has 14 nitrogen and oxygen atoms in total. The number of carbonyl (C=O) groups excluding carboxylic acids is 1. The first kappa shape index (κ1) is 78.5. The van der Waals surface area contributed by atoms with E-state index in [0.29, 0.717) is 12.8 Å². The largest absolute Gasteiger partial charge is 0.394 e. The molecule has 0 spiro atoms. The summed E-state index contributed by atoms with van der Waals surface area (Å²) < 4.78 is 22.8. The molecule has 0 saturated carbocycles. The minimum absolute atomic E-state index is 0.248. The van der Waals surface area contributed by atoms with Gasteiger partial charge in [0.15, 0.2) is 12.6 Å². The topological polar surface area (TPSA) is 228 Å². The van der Waals surface area contributed by atoms with E-state index in [-0.39, 0.29) is 18.9 Å². The molecule has 2 heterocycles. The fraction of sp³-hybridized carbons (Fsp3) is 0.708. The van der Waals surface area contributed by atoms with Gasteiger partial charge in [0.25, 0.3) is 0 Å². The van der Waals surface area contributed by atoms with Gasteiger partial charge in [-0.05, 0) is 96.3 Å². The standard InChI is InChI=1S/C72H121NO13/c1-3-5-7-9-11-13-15-17-19-21-23-25-26-27-28-29-30-31-32-33-34-36-38-40-42-44-46-48-50-52-54-56-64(77)73-60(61(76)55-53-51-49-47-45-43-41-39-37-35-24-22-20-18-16-14-12-10-8-6-4-2)59-83-71-69(82)67(80)70(63(58-75)85-71)86-72-68(81)66(79)65(78)62(57-74)84-72/h5,7,11,13,17,19,23,25,27-28,30-31,33-34,38,40,45,47,53,55,60-63,65-72,74-76,78-82H,3-4,6,8-10,12,14-16,18,20-22,24,26,29,32,35-37,39,41-44,46,48-52,54,56-59H2,1-2H3,(H,73,77)/b7-5-,13-11-,19-17-,25-23-,28-27-,31-30-,34-33-,40-38-,47-45+,55-53+. The Morgan fingerprint density at radius 3 is 1.28 bits per heavy atom. The first-order valence-electron chi connectivity index (χ1n) is 33.8. The van der Waals surface area contributed by atoms with Gasteiger partial charge in [0.2, 0.25) is 5.91 Å². The number of amides is 1. The van der Waals surface area contributed by atoms with E-state index in [4.69, 9.17) is 18.9 Å². The molecule has 0 aliphatic carbocycles. The fourth-order valence-corrected chi connectivity index (χ4v) is 10.3. The second-order valence-electron chi connectivity index (χ2n) is 23.2. The summed E-state index contributed by atoms with van der Waals surface area (Å²) in [4.78, 5) is 13.3. The van der Waals surface area contributed by atoms with E-state index in [0.717, 1.165) is 103 Å². The predicted octanol–water partition coefficient (Wildman–Crippen LogP) is 13.3. The molecule has 14 heteroatoms. The maximum Gasteiger partial charge on any atom is 0.220 e. The molecule has 2 aliphatic heterocycles. The fourth-order valence-electron chi connectivity index (χ4n) is 10.3. The quantitative estimate of drug-likeness (QED) is 0.0204. The van der Waals surface area contributed by atoms with E-state index in [1.54, 1.807) is 6.08 Å². The van der Waals surface area contributed by atoms with Gasteiger partial charge in [0, 0.05) is 6.42 Å². The Bertz CT molecular complexity index is 1910. The third-order valence-corrected chi connectivity index (χ3v) is 15.6. The van der Waals surface area contributed by atoms with Crippen molar-refractivity contribution in [3.63, 3.8) is 0 Å². The molecule has 2 saturated heterocycles. The molecule has 0 aromatic carbocycles. The Kier molecular flexibility index (Phi) is 50.6. The minimum Gasteiger partial charge on any atom is -0.394 e. The summed E-state index contributed by atoms with van der Waals surface area (Å²) in [5.74, 6) is -0.268. The number of rotatable bonds is 53. The summed E-state index contributed by atoms with van der Waals surface area (Å²) in [7, 11) is 0. The van der Waals surface area contributed by atoms with Crippen LogP contribution in [0.5, 0.6) is 0 Å². The number of nitrogens with one attached hydrogen (secondary N) is 1. The Morgan fingerprint density at radius 1 is 0.430 bits per heavy atom. The van der Waals surface area contributed by atoms with Crippen molar-refractivity contribution >= 4 is 5.91 Å². The van der Waals surface area contributed by atoms with Gasteiger partial charge in [-0.3, -0.25) is 4.79 Å². The van der Waals surface area contributed by atoms with E-state index in [9.17, 15) is 45.6 Å². The molecule has 2 rings (SSSR count). The van der Waals surface area contributed by atoms with Crippen LogP contribution in [0.15, 0.2) is 122 Å². The minimum atomic E-state index is -1.80. The molecule has 0 aromatic rings. The SMILES string of the molecule is CC/C=C\C/C=C\C/C=C\C/C=C\C/C=C\C/C=C\C/C=C\C/C=C\CCCCCCCCC(=O)NC(COC1OC(CO)C(OC2OC(CO)C(O)C(O)C2O)C(O)C1O)C(O)/C=C/CC/C=C/CCCCCCCCCCCCCCCCC. The van der Waals surface area contributed by atoms with Gasteiger partial charge in [-0.1, -0.05) is 251 Å². The van der Waals surface area contributed by atoms with Crippen LogP contribution in [0, 0.1) is 0 Å². The zero-order chi connectivity index (χ0) is 62.3. The van der Waals surface area contributed by atoms with Gasteiger partial charge in [-0.15, -0.1) is 0 Å². The number of aliphatic hydroxyl groups is 8. The number of allylic oxidation sites excluding steroid dienone is 19.